The Morgan fingerprint density at radius 3 is 2.81 bits per heavy atom. The van der Waals surface area contributed by atoms with Gasteiger partial charge < -0.3 is 5.32 Å². The van der Waals surface area contributed by atoms with E-state index >= 15 is 0 Å². The van der Waals surface area contributed by atoms with Gasteiger partial charge in [0.2, 0.25) is 0 Å². The fraction of sp³-hybridized carbons (Fsp3) is 0.278. The van der Waals surface area contributed by atoms with Gasteiger partial charge in [0, 0.05) is 17.9 Å². The smallest absolute Gasteiger partial charge is 0.307 e. The Labute approximate surface area is 125 Å². The number of carbonyl (C=O) groups is 1. The van der Waals surface area contributed by atoms with E-state index in [0.29, 0.717) is 0 Å². The van der Waals surface area contributed by atoms with Gasteiger partial charge in [0.05, 0.1) is 0 Å². The lowest BCUT2D eigenvalue weighted by molar-refractivity contribution is 0.257. The average Bonchev–Trinajstić information content (AvgIpc) is 2.93. The quantitative estimate of drug-likeness (QED) is 0.880. The monoisotopic (exact) mass is 280 g/mol. The lowest BCUT2D eigenvalue weighted by Crippen LogP contribution is -2.33. The van der Waals surface area contributed by atoms with Crippen molar-refractivity contribution >= 4 is 17.4 Å². The van der Waals surface area contributed by atoms with E-state index in [9.17, 15) is 4.79 Å². The minimum Gasteiger partial charge on any atom is -0.307 e. The van der Waals surface area contributed by atoms with Crippen molar-refractivity contribution in [1.29, 1.82) is 0 Å². The lowest BCUT2D eigenvalue weighted by atomic mass is 10.1. The molecule has 0 saturated carbocycles. The first kappa shape index (κ1) is 13.7. The molecular formula is C18H20N2O. The van der Waals surface area contributed by atoms with Gasteiger partial charge in [0.25, 0.3) is 0 Å². The summed E-state index contributed by atoms with van der Waals surface area (Å²) in [4.78, 5) is 14.4. The van der Waals surface area contributed by atoms with Crippen molar-refractivity contribution in [3.63, 3.8) is 0 Å². The number of para-hydroxylation sites is 2. The van der Waals surface area contributed by atoms with Crippen LogP contribution in [0.15, 0.2) is 42.5 Å². The third kappa shape index (κ3) is 2.51. The SMILES string of the molecule is CCc1cccc(C)c1NC(=O)N1CCc2ccccc21. The molecule has 0 saturated heterocycles. The standard InChI is InChI=1S/C18H20N2O/c1-3-14-9-6-7-13(2)17(14)19-18(21)20-12-11-15-8-4-5-10-16(15)20/h4-10H,3,11-12H2,1-2H3,(H,19,21). The molecule has 0 bridgehead atoms. The van der Waals surface area contributed by atoms with Gasteiger partial charge in [0.1, 0.15) is 0 Å². The first-order valence-electron chi connectivity index (χ1n) is 7.45. The van der Waals surface area contributed by atoms with Crippen LogP contribution >= 0.6 is 0 Å². The number of hydrogen-bond acceptors (Lipinski definition) is 1. The van der Waals surface area contributed by atoms with E-state index in [1.165, 1.54) is 11.1 Å². The summed E-state index contributed by atoms with van der Waals surface area (Å²) in [5.74, 6) is 0. The molecule has 0 fully saturated rings. The zero-order valence-electron chi connectivity index (χ0n) is 12.5. The van der Waals surface area contributed by atoms with E-state index in [1.807, 2.05) is 42.2 Å². The maximum absolute atomic E-state index is 12.6. The Bertz CT molecular complexity index is 679. The Kier molecular flexibility index (Phi) is 3.65. The first-order chi connectivity index (χ1) is 10.2. The normalized spacial score (nSPS) is 13.1. The third-order valence-corrected chi connectivity index (χ3v) is 4.10. The second-order valence-electron chi connectivity index (χ2n) is 5.42. The number of urea groups is 1. The van der Waals surface area contributed by atoms with Crippen molar-refractivity contribution in [2.75, 3.05) is 16.8 Å². The number of fused-ring (bicyclic) bond motifs is 1. The van der Waals surface area contributed by atoms with Crippen molar-refractivity contribution in [2.45, 2.75) is 26.7 Å². The van der Waals surface area contributed by atoms with Crippen molar-refractivity contribution < 1.29 is 4.79 Å². The topological polar surface area (TPSA) is 32.3 Å². The van der Waals surface area contributed by atoms with Crippen LogP contribution in [-0.4, -0.2) is 12.6 Å². The van der Waals surface area contributed by atoms with Gasteiger partial charge >= 0.3 is 6.03 Å². The van der Waals surface area contributed by atoms with E-state index in [2.05, 4.69) is 24.4 Å². The number of aryl methyl sites for hydroxylation is 2. The molecule has 3 nitrogen and oxygen atoms in total. The number of rotatable bonds is 2. The summed E-state index contributed by atoms with van der Waals surface area (Å²) in [7, 11) is 0. The van der Waals surface area contributed by atoms with Gasteiger partial charge in [-0.15, -0.1) is 0 Å². The predicted molar refractivity (Wildman–Crippen MR) is 87.1 cm³/mol. The molecule has 0 aliphatic carbocycles. The maximum atomic E-state index is 12.6. The number of anilines is 2. The summed E-state index contributed by atoms with van der Waals surface area (Å²) in [5.41, 5.74) is 5.51. The molecule has 1 heterocycles. The maximum Gasteiger partial charge on any atom is 0.326 e. The highest BCUT2D eigenvalue weighted by molar-refractivity contribution is 6.03. The van der Waals surface area contributed by atoms with Crippen molar-refractivity contribution in [2.24, 2.45) is 0 Å². The zero-order valence-corrected chi connectivity index (χ0v) is 12.5. The minimum atomic E-state index is -0.0380. The molecule has 0 atom stereocenters. The zero-order chi connectivity index (χ0) is 14.8. The summed E-state index contributed by atoms with van der Waals surface area (Å²) in [6.07, 6.45) is 1.84. The Balaban J connectivity index is 1.86. The number of nitrogens with one attached hydrogen (secondary N) is 1. The van der Waals surface area contributed by atoms with Crippen molar-refractivity contribution in [3.05, 3.63) is 59.2 Å². The van der Waals surface area contributed by atoms with Gasteiger partial charge in [0.15, 0.2) is 0 Å². The molecular weight excluding hydrogens is 260 g/mol. The van der Waals surface area contributed by atoms with Crippen LogP contribution in [0.4, 0.5) is 16.2 Å². The minimum absolute atomic E-state index is 0.0380. The highest BCUT2D eigenvalue weighted by Gasteiger charge is 2.24. The van der Waals surface area contributed by atoms with Gasteiger partial charge in [-0.05, 0) is 42.5 Å². The van der Waals surface area contributed by atoms with E-state index in [1.54, 1.807) is 0 Å². The van der Waals surface area contributed by atoms with E-state index < -0.39 is 0 Å². The molecule has 2 aromatic carbocycles. The second-order valence-corrected chi connectivity index (χ2v) is 5.42. The van der Waals surface area contributed by atoms with Gasteiger partial charge in [-0.3, -0.25) is 4.90 Å². The Morgan fingerprint density at radius 1 is 1.19 bits per heavy atom. The molecule has 1 N–H and O–H groups in total. The summed E-state index contributed by atoms with van der Waals surface area (Å²) < 4.78 is 0. The highest BCUT2D eigenvalue weighted by Crippen LogP contribution is 2.29. The van der Waals surface area contributed by atoms with E-state index in [-0.39, 0.29) is 6.03 Å². The van der Waals surface area contributed by atoms with Crippen LogP contribution in [-0.2, 0) is 12.8 Å². The number of hydrogen-bond donors (Lipinski definition) is 1. The van der Waals surface area contributed by atoms with Gasteiger partial charge in [-0.1, -0.05) is 43.3 Å². The number of amides is 2. The van der Waals surface area contributed by atoms with Crippen LogP contribution < -0.4 is 10.2 Å². The summed E-state index contributed by atoms with van der Waals surface area (Å²) in [5, 5.41) is 3.10. The molecule has 0 spiro atoms. The molecule has 0 unspecified atom stereocenters. The van der Waals surface area contributed by atoms with Crippen LogP contribution in [0, 0.1) is 6.92 Å². The Hall–Kier alpha value is -2.29. The third-order valence-electron chi connectivity index (χ3n) is 4.10. The summed E-state index contributed by atoms with van der Waals surface area (Å²) in [6, 6.07) is 14.2. The summed E-state index contributed by atoms with van der Waals surface area (Å²) in [6.45, 7) is 4.89. The molecule has 3 heteroatoms. The second kappa shape index (κ2) is 5.60. The van der Waals surface area contributed by atoms with Gasteiger partial charge in [-0.2, -0.15) is 0 Å². The average molecular weight is 280 g/mol. The summed E-state index contributed by atoms with van der Waals surface area (Å²) >= 11 is 0. The fourth-order valence-corrected chi connectivity index (χ4v) is 2.93. The predicted octanol–water partition coefficient (Wildman–Crippen LogP) is 4.15. The molecule has 1 aliphatic heterocycles. The first-order valence-corrected chi connectivity index (χ1v) is 7.45. The van der Waals surface area contributed by atoms with Crippen molar-refractivity contribution in [3.8, 4) is 0 Å². The van der Waals surface area contributed by atoms with Crippen molar-refractivity contribution in [1.82, 2.24) is 0 Å². The Morgan fingerprint density at radius 2 is 2.00 bits per heavy atom. The molecule has 2 aromatic rings. The van der Waals surface area contributed by atoms with Crippen LogP contribution in [0.2, 0.25) is 0 Å². The van der Waals surface area contributed by atoms with Crippen LogP contribution in [0.25, 0.3) is 0 Å². The number of carbonyl (C=O) groups excluding carboxylic acids is 1. The van der Waals surface area contributed by atoms with E-state index in [0.717, 1.165) is 36.3 Å². The number of benzene rings is 2. The molecule has 0 radical (unpaired) electrons. The highest BCUT2D eigenvalue weighted by atomic mass is 16.2. The van der Waals surface area contributed by atoms with Crippen LogP contribution in [0.1, 0.15) is 23.6 Å². The molecule has 1 aliphatic rings. The number of nitrogens with zero attached hydrogens (tertiary/aromatic N) is 1. The lowest BCUT2D eigenvalue weighted by Gasteiger charge is -2.20. The van der Waals surface area contributed by atoms with Crippen LogP contribution in [0.5, 0.6) is 0 Å². The molecule has 21 heavy (non-hydrogen) atoms. The van der Waals surface area contributed by atoms with E-state index in [4.69, 9.17) is 0 Å². The van der Waals surface area contributed by atoms with Crippen LogP contribution in [0.3, 0.4) is 0 Å². The molecule has 0 aromatic heterocycles. The molecule has 108 valence electrons. The largest absolute Gasteiger partial charge is 0.326 e. The fourth-order valence-electron chi connectivity index (χ4n) is 2.93. The van der Waals surface area contributed by atoms with Gasteiger partial charge in [-0.25, -0.2) is 4.79 Å². The molecule has 3 rings (SSSR count). The molecule has 2 amide bonds.